The number of sulfonamides is 1. The molecule has 8 heteroatoms. The maximum absolute atomic E-state index is 11.2. The second-order valence-electron chi connectivity index (χ2n) is 6.04. The van der Waals surface area contributed by atoms with Crippen molar-refractivity contribution in [1.82, 2.24) is 4.90 Å². The lowest BCUT2D eigenvalue weighted by Crippen LogP contribution is -2.25. The van der Waals surface area contributed by atoms with Gasteiger partial charge >= 0.3 is 0 Å². The molecule has 0 unspecified atom stereocenters. The van der Waals surface area contributed by atoms with Crippen molar-refractivity contribution in [1.29, 1.82) is 0 Å². The Morgan fingerprint density at radius 1 is 1.12 bits per heavy atom. The summed E-state index contributed by atoms with van der Waals surface area (Å²) in [6.45, 7) is 3.01. The van der Waals surface area contributed by atoms with E-state index in [0.29, 0.717) is 38.7 Å². The third-order valence-electron chi connectivity index (χ3n) is 3.98. The molecule has 2 aromatic rings. The molecule has 0 saturated heterocycles. The van der Waals surface area contributed by atoms with Gasteiger partial charge in [-0.3, -0.25) is 4.90 Å². The van der Waals surface area contributed by atoms with Crippen LogP contribution in [0.15, 0.2) is 47.4 Å². The van der Waals surface area contributed by atoms with E-state index in [4.69, 9.17) is 19.3 Å². The molecule has 7 nitrogen and oxygen atoms in total. The molecule has 0 radical (unpaired) electrons. The first-order chi connectivity index (χ1) is 12.4. The number of rotatable bonds is 7. The second-order valence-corrected chi connectivity index (χ2v) is 7.61. The number of benzene rings is 2. The third-order valence-corrected chi connectivity index (χ3v) is 4.91. The van der Waals surface area contributed by atoms with Gasteiger partial charge in [-0.1, -0.05) is 12.1 Å². The van der Waals surface area contributed by atoms with Crippen LogP contribution in [0.1, 0.15) is 5.56 Å². The van der Waals surface area contributed by atoms with Crippen LogP contribution < -0.4 is 19.3 Å². The lowest BCUT2D eigenvalue weighted by atomic mass is 10.1. The summed E-state index contributed by atoms with van der Waals surface area (Å²) in [5.74, 6) is 2.19. The van der Waals surface area contributed by atoms with E-state index in [0.717, 1.165) is 17.1 Å². The minimum Gasteiger partial charge on any atom is -0.492 e. The van der Waals surface area contributed by atoms with E-state index in [1.54, 1.807) is 12.1 Å². The van der Waals surface area contributed by atoms with Crippen molar-refractivity contribution in [2.45, 2.75) is 11.4 Å². The number of hydrogen-bond acceptors (Lipinski definition) is 6. The number of primary sulfonamides is 1. The quantitative estimate of drug-likeness (QED) is 0.787. The number of para-hydroxylation sites is 1. The van der Waals surface area contributed by atoms with Crippen LogP contribution in [0, 0.1) is 0 Å². The predicted molar refractivity (Wildman–Crippen MR) is 97.1 cm³/mol. The van der Waals surface area contributed by atoms with E-state index in [2.05, 4.69) is 4.90 Å². The molecule has 0 spiro atoms. The maximum Gasteiger partial charge on any atom is 0.238 e. The van der Waals surface area contributed by atoms with Crippen LogP contribution in [0.25, 0.3) is 0 Å². The maximum atomic E-state index is 11.2. The molecule has 2 N–H and O–H groups in total. The van der Waals surface area contributed by atoms with Crippen LogP contribution in [0.5, 0.6) is 17.2 Å². The zero-order chi connectivity index (χ0) is 18.6. The summed E-state index contributed by atoms with van der Waals surface area (Å²) in [7, 11) is -1.69. The van der Waals surface area contributed by atoms with Crippen molar-refractivity contribution in [2.24, 2.45) is 5.14 Å². The first-order valence-corrected chi connectivity index (χ1v) is 9.80. The molecule has 0 amide bonds. The monoisotopic (exact) mass is 378 g/mol. The van der Waals surface area contributed by atoms with E-state index in [1.165, 1.54) is 12.1 Å². The van der Waals surface area contributed by atoms with Crippen LogP contribution in [0.2, 0.25) is 0 Å². The highest BCUT2D eigenvalue weighted by atomic mass is 32.2. The topological polar surface area (TPSA) is 91.1 Å². The molecule has 0 bridgehead atoms. The Morgan fingerprint density at radius 3 is 2.58 bits per heavy atom. The summed E-state index contributed by atoms with van der Waals surface area (Å²) in [4.78, 5) is 2.18. The molecule has 1 heterocycles. The average molecular weight is 378 g/mol. The molecule has 0 aliphatic carbocycles. The van der Waals surface area contributed by atoms with E-state index < -0.39 is 10.0 Å². The predicted octanol–water partition coefficient (Wildman–Crippen LogP) is 1.62. The third kappa shape index (κ3) is 4.66. The van der Waals surface area contributed by atoms with Gasteiger partial charge < -0.3 is 14.2 Å². The Balaban J connectivity index is 1.51. The van der Waals surface area contributed by atoms with Gasteiger partial charge in [-0.05, 0) is 37.4 Å². The molecule has 0 atom stereocenters. The first kappa shape index (κ1) is 18.5. The number of nitrogens with zero attached hydrogens (tertiary/aromatic N) is 1. The van der Waals surface area contributed by atoms with Crippen molar-refractivity contribution in [3.63, 3.8) is 0 Å². The fraction of sp³-hybridized carbons (Fsp3) is 0.333. The number of nitrogens with two attached hydrogens (primary N) is 1. The highest BCUT2D eigenvalue weighted by Crippen LogP contribution is 2.34. The average Bonchev–Trinajstić information content (AvgIpc) is 2.62. The summed E-state index contributed by atoms with van der Waals surface area (Å²) in [6, 6.07) is 11.9. The van der Waals surface area contributed by atoms with Gasteiger partial charge in [0.05, 0.1) is 4.90 Å². The standard InChI is InChI=1S/C18H22N2O5S/c1-20(13-14-3-2-4-17-18(14)25-12-11-24-17)9-10-23-15-5-7-16(8-6-15)26(19,21)22/h2-8H,9-13H2,1H3,(H2,19,21,22). The van der Waals surface area contributed by atoms with Gasteiger partial charge in [0.2, 0.25) is 10.0 Å². The molecular weight excluding hydrogens is 356 g/mol. The van der Waals surface area contributed by atoms with Gasteiger partial charge in [-0.2, -0.15) is 0 Å². The number of likely N-dealkylation sites (N-methyl/N-ethyl adjacent to an activating group) is 1. The van der Waals surface area contributed by atoms with Crippen LogP contribution in [0.4, 0.5) is 0 Å². The summed E-state index contributed by atoms with van der Waals surface area (Å²) >= 11 is 0. The first-order valence-electron chi connectivity index (χ1n) is 8.25. The molecule has 0 saturated carbocycles. The fourth-order valence-electron chi connectivity index (χ4n) is 2.67. The van der Waals surface area contributed by atoms with Crippen molar-refractivity contribution >= 4 is 10.0 Å². The minimum atomic E-state index is -3.68. The van der Waals surface area contributed by atoms with Crippen molar-refractivity contribution < 1.29 is 22.6 Å². The van der Waals surface area contributed by atoms with Gasteiger partial charge in [0.25, 0.3) is 0 Å². The highest BCUT2D eigenvalue weighted by Gasteiger charge is 2.16. The largest absolute Gasteiger partial charge is 0.492 e. The molecule has 2 aromatic carbocycles. The Hall–Kier alpha value is -2.29. The van der Waals surface area contributed by atoms with Gasteiger partial charge in [0.1, 0.15) is 25.6 Å². The Labute approximate surface area is 153 Å². The molecule has 3 rings (SSSR count). The van der Waals surface area contributed by atoms with E-state index in [1.807, 2.05) is 25.2 Å². The molecule has 26 heavy (non-hydrogen) atoms. The second kappa shape index (κ2) is 7.94. The van der Waals surface area contributed by atoms with Crippen molar-refractivity contribution in [3.05, 3.63) is 48.0 Å². The number of ether oxygens (including phenoxy) is 3. The summed E-state index contributed by atoms with van der Waals surface area (Å²) in [5.41, 5.74) is 1.07. The van der Waals surface area contributed by atoms with Crippen LogP contribution >= 0.6 is 0 Å². The molecule has 140 valence electrons. The van der Waals surface area contributed by atoms with Gasteiger partial charge in [0, 0.05) is 18.7 Å². The van der Waals surface area contributed by atoms with Crippen LogP contribution in [-0.4, -0.2) is 46.7 Å². The van der Waals surface area contributed by atoms with E-state index >= 15 is 0 Å². The van der Waals surface area contributed by atoms with E-state index in [9.17, 15) is 8.42 Å². The Kier molecular flexibility index (Phi) is 5.65. The Morgan fingerprint density at radius 2 is 1.85 bits per heavy atom. The smallest absolute Gasteiger partial charge is 0.238 e. The number of hydrogen-bond donors (Lipinski definition) is 1. The lowest BCUT2D eigenvalue weighted by molar-refractivity contribution is 0.166. The fourth-order valence-corrected chi connectivity index (χ4v) is 3.19. The molecule has 0 aromatic heterocycles. The molecular formula is C18H22N2O5S. The summed E-state index contributed by atoms with van der Waals surface area (Å²) in [6.07, 6.45) is 0. The Bertz CT molecular complexity index is 852. The van der Waals surface area contributed by atoms with Gasteiger partial charge in [-0.15, -0.1) is 0 Å². The highest BCUT2D eigenvalue weighted by molar-refractivity contribution is 7.89. The summed E-state index contributed by atoms with van der Waals surface area (Å²) in [5, 5.41) is 5.07. The molecule has 1 aliphatic rings. The SMILES string of the molecule is CN(CCOc1ccc(S(N)(=O)=O)cc1)Cc1cccc2c1OCCO2. The van der Waals surface area contributed by atoms with Crippen LogP contribution in [-0.2, 0) is 16.6 Å². The lowest BCUT2D eigenvalue weighted by Gasteiger charge is -2.23. The minimum absolute atomic E-state index is 0.0676. The van der Waals surface area contributed by atoms with Gasteiger partial charge in [0.15, 0.2) is 11.5 Å². The van der Waals surface area contributed by atoms with Crippen LogP contribution in [0.3, 0.4) is 0 Å². The normalized spacial score (nSPS) is 13.7. The number of fused-ring (bicyclic) bond motifs is 1. The zero-order valence-corrected chi connectivity index (χ0v) is 15.4. The summed E-state index contributed by atoms with van der Waals surface area (Å²) < 4.78 is 39.5. The van der Waals surface area contributed by atoms with Gasteiger partial charge in [-0.25, -0.2) is 13.6 Å². The van der Waals surface area contributed by atoms with Crippen molar-refractivity contribution in [3.8, 4) is 17.2 Å². The zero-order valence-electron chi connectivity index (χ0n) is 14.6. The van der Waals surface area contributed by atoms with Crippen molar-refractivity contribution in [2.75, 3.05) is 33.4 Å². The molecule has 0 fully saturated rings. The molecule has 1 aliphatic heterocycles. The van der Waals surface area contributed by atoms with E-state index in [-0.39, 0.29) is 4.90 Å².